The highest BCUT2D eigenvalue weighted by Crippen LogP contribution is 2.37. The summed E-state index contributed by atoms with van der Waals surface area (Å²) < 4.78 is 27.7. The van der Waals surface area contributed by atoms with E-state index < -0.39 is 10.0 Å². The van der Waals surface area contributed by atoms with E-state index in [2.05, 4.69) is 0 Å². The molecule has 0 N–H and O–H groups in total. The molecule has 0 aliphatic carbocycles. The van der Waals surface area contributed by atoms with Crippen LogP contribution in [0.25, 0.3) is 0 Å². The predicted molar refractivity (Wildman–Crippen MR) is 85.2 cm³/mol. The molecule has 3 nitrogen and oxygen atoms in total. The molecule has 0 spiro atoms. The zero-order valence-corrected chi connectivity index (χ0v) is 13.3. The summed E-state index contributed by atoms with van der Waals surface area (Å²) in [6.07, 6.45) is 0.764. The minimum Gasteiger partial charge on any atom is -0.263 e. The van der Waals surface area contributed by atoms with Crippen molar-refractivity contribution in [1.82, 2.24) is 0 Å². The highest BCUT2D eigenvalue weighted by Gasteiger charge is 2.36. The van der Waals surface area contributed by atoms with Crippen molar-refractivity contribution in [2.24, 2.45) is 0 Å². The number of hydrogen-bond acceptors (Lipinski definition) is 2. The van der Waals surface area contributed by atoms with Gasteiger partial charge in [0.2, 0.25) is 0 Å². The van der Waals surface area contributed by atoms with Crippen LogP contribution in [-0.2, 0) is 16.4 Å². The van der Waals surface area contributed by atoms with Gasteiger partial charge in [-0.15, -0.1) is 0 Å². The van der Waals surface area contributed by atoms with Gasteiger partial charge in [0.25, 0.3) is 10.0 Å². The first kappa shape index (κ1) is 14.1. The molecule has 0 bridgehead atoms. The summed E-state index contributed by atoms with van der Waals surface area (Å²) in [5.74, 6) is 0. The van der Waals surface area contributed by atoms with E-state index in [1.165, 1.54) is 0 Å². The topological polar surface area (TPSA) is 37.4 Å². The van der Waals surface area contributed by atoms with Crippen molar-refractivity contribution < 1.29 is 8.42 Å². The van der Waals surface area contributed by atoms with Crippen molar-refractivity contribution in [2.75, 3.05) is 4.31 Å². The third kappa shape index (κ3) is 2.23. The maximum atomic E-state index is 13.1. The zero-order chi connectivity index (χ0) is 15.2. The first-order chi connectivity index (χ1) is 9.91. The summed E-state index contributed by atoms with van der Waals surface area (Å²) in [7, 11) is -3.52. The van der Waals surface area contributed by atoms with E-state index in [0.29, 0.717) is 4.90 Å². The van der Waals surface area contributed by atoms with Gasteiger partial charge in [-0.05, 0) is 50.5 Å². The average molecular weight is 301 g/mol. The van der Waals surface area contributed by atoms with E-state index in [1.54, 1.807) is 10.4 Å². The van der Waals surface area contributed by atoms with Crippen LogP contribution in [0.2, 0.25) is 0 Å². The molecule has 3 rings (SSSR count). The molecule has 1 aliphatic heterocycles. The Bertz CT molecular complexity index is 796. The molecule has 0 amide bonds. The fourth-order valence-corrected chi connectivity index (χ4v) is 5.00. The first-order valence-corrected chi connectivity index (χ1v) is 8.55. The molecule has 0 saturated heterocycles. The quantitative estimate of drug-likeness (QED) is 0.852. The smallest absolute Gasteiger partial charge is 0.263 e. The Morgan fingerprint density at radius 2 is 1.81 bits per heavy atom. The molecule has 0 aromatic heterocycles. The number of sulfonamides is 1. The number of anilines is 1. The van der Waals surface area contributed by atoms with E-state index in [9.17, 15) is 8.42 Å². The SMILES string of the molecule is Cc1ccc(S(=O)(=O)N2c3ccccc3C[C@@H]2C)c(C)c1. The fraction of sp³-hybridized carbons (Fsp3) is 0.294. The zero-order valence-electron chi connectivity index (χ0n) is 12.5. The predicted octanol–water partition coefficient (Wildman–Crippen LogP) is 3.44. The van der Waals surface area contributed by atoms with Gasteiger partial charge in [0, 0.05) is 6.04 Å². The molecule has 2 aromatic rings. The average Bonchev–Trinajstić information content (AvgIpc) is 2.74. The molecule has 0 unspecified atom stereocenters. The monoisotopic (exact) mass is 301 g/mol. The Labute approximate surface area is 126 Å². The van der Waals surface area contributed by atoms with Crippen LogP contribution in [-0.4, -0.2) is 14.5 Å². The molecule has 1 heterocycles. The second-order valence-electron chi connectivity index (χ2n) is 5.75. The van der Waals surface area contributed by atoms with Crippen LogP contribution in [0.4, 0.5) is 5.69 Å². The summed E-state index contributed by atoms with van der Waals surface area (Å²) in [6, 6.07) is 13.2. The highest BCUT2D eigenvalue weighted by atomic mass is 32.2. The largest absolute Gasteiger partial charge is 0.264 e. The van der Waals surface area contributed by atoms with Gasteiger partial charge in [-0.3, -0.25) is 4.31 Å². The van der Waals surface area contributed by atoms with Crippen LogP contribution in [0.5, 0.6) is 0 Å². The number of nitrogens with zero attached hydrogens (tertiary/aromatic N) is 1. The second-order valence-corrected chi connectivity index (χ2v) is 7.54. The van der Waals surface area contributed by atoms with E-state index in [4.69, 9.17) is 0 Å². The summed E-state index contributed by atoms with van der Waals surface area (Å²) in [5, 5.41) is 0. The van der Waals surface area contributed by atoms with Gasteiger partial charge >= 0.3 is 0 Å². The Hall–Kier alpha value is -1.81. The van der Waals surface area contributed by atoms with Crippen molar-refractivity contribution in [2.45, 2.75) is 38.1 Å². The van der Waals surface area contributed by atoms with Gasteiger partial charge in [0.15, 0.2) is 0 Å². The first-order valence-electron chi connectivity index (χ1n) is 7.11. The molecule has 4 heteroatoms. The van der Waals surface area contributed by atoms with Crippen molar-refractivity contribution in [3.05, 3.63) is 59.2 Å². The molecule has 1 aliphatic rings. The van der Waals surface area contributed by atoms with Crippen LogP contribution < -0.4 is 4.31 Å². The van der Waals surface area contributed by atoms with E-state index >= 15 is 0 Å². The van der Waals surface area contributed by atoms with Crippen LogP contribution >= 0.6 is 0 Å². The van der Waals surface area contributed by atoms with E-state index in [0.717, 1.165) is 28.8 Å². The van der Waals surface area contributed by atoms with Crippen LogP contribution in [0, 0.1) is 13.8 Å². The standard InChI is InChI=1S/C17H19NO2S/c1-12-8-9-17(13(2)10-12)21(19,20)18-14(3)11-15-6-4-5-7-16(15)18/h4-10,14H,11H2,1-3H3/t14-/m0/s1. The number of aryl methyl sites for hydroxylation is 2. The third-order valence-electron chi connectivity index (χ3n) is 4.01. The second kappa shape index (κ2) is 4.88. The number of hydrogen-bond donors (Lipinski definition) is 0. The minimum absolute atomic E-state index is 0.0481. The van der Waals surface area contributed by atoms with E-state index in [1.807, 2.05) is 57.2 Å². The van der Waals surface area contributed by atoms with Gasteiger partial charge in [-0.2, -0.15) is 0 Å². The van der Waals surface area contributed by atoms with Gasteiger partial charge in [0.1, 0.15) is 0 Å². The molecule has 110 valence electrons. The summed E-state index contributed by atoms with van der Waals surface area (Å²) >= 11 is 0. The summed E-state index contributed by atoms with van der Waals surface area (Å²) in [6.45, 7) is 5.78. The van der Waals surface area contributed by atoms with Gasteiger partial charge in [-0.25, -0.2) is 8.42 Å². The Balaban J connectivity index is 2.15. The maximum absolute atomic E-state index is 13.1. The number of benzene rings is 2. The molecule has 21 heavy (non-hydrogen) atoms. The van der Waals surface area contributed by atoms with Crippen LogP contribution in [0.1, 0.15) is 23.6 Å². The fourth-order valence-electron chi connectivity index (χ4n) is 3.10. The van der Waals surface area contributed by atoms with E-state index in [-0.39, 0.29) is 6.04 Å². The Morgan fingerprint density at radius 3 is 2.52 bits per heavy atom. The lowest BCUT2D eigenvalue weighted by Crippen LogP contribution is -2.36. The lowest BCUT2D eigenvalue weighted by molar-refractivity contribution is 0.583. The maximum Gasteiger partial charge on any atom is 0.264 e. The molecule has 1 atom stereocenters. The van der Waals surface area contributed by atoms with Crippen molar-refractivity contribution in [3.8, 4) is 0 Å². The Kier molecular flexibility index (Phi) is 3.29. The number of fused-ring (bicyclic) bond motifs is 1. The molecule has 0 saturated carbocycles. The molecule has 0 radical (unpaired) electrons. The summed E-state index contributed by atoms with van der Waals surface area (Å²) in [4.78, 5) is 0.400. The van der Waals surface area contributed by atoms with Crippen molar-refractivity contribution in [3.63, 3.8) is 0 Å². The van der Waals surface area contributed by atoms with Gasteiger partial charge in [0.05, 0.1) is 10.6 Å². The molecular weight excluding hydrogens is 282 g/mol. The lowest BCUT2D eigenvalue weighted by atomic mass is 10.1. The number of para-hydroxylation sites is 1. The highest BCUT2D eigenvalue weighted by molar-refractivity contribution is 7.93. The molecular formula is C17H19NO2S. The van der Waals surface area contributed by atoms with Crippen molar-refractivity contribution in [1.29, 1.82) is 0 Å². The summed E-state index contributed by atoms with van der Waals surface area (Å²) in [5.41, 5.74) is 3.77. The van der Waals surface area contributed by atoms with Crippen molar-refractivity contribution >= 4 is 15.7 Å². The molecule has 2 aromatic carbocycles. The van der Waals surface area contributed by atoms with Gasteiger partial charge < -0.3 is 0 Å². The Morgan fingerprint density at radius 1 is 1.10 bits per heavy atom. The van der Waals surface area contributed by atoms with Crippen LogP contribution in [0.3, 0.4) is 0 Å². The molecule has 0 fully saturated rings. The lowest BCUT2D eigenvalue weighted by Gasteiger charge is -2.25. The third-order valence-corrected chi connectivity index (χ3v) is 6.10. The van der Waals surface area contributed by atoms with Gasteiger partial charge in [-0.1, -0.05) is 35.9 Å². The normalized spacial score (nSPS) is 17.9. The van der Waals surface area contributed by atoms with Crippen LogP contribution in [0.15, 0.2) is 47.4 Å². The number of rotatable bonds is 2. The minimum atomic E-state index is -3.52.